The number of nitrogens with one attached hydrogen (secondary N) is 1. The second-order valence-corrected chi connectivity index (χ2v) is 7.66. The SMILES string of the molecule is O=C(CSc1nnc(CCc2nc3ccccc3s2)o1)Nc1cccnc1. The number of hydrogen-bond donors (Lipinski definition) is 1. The number of pyridine rings is 1. The molecule has 136 valence electrons. The Morgan fingerprint density at radius 2 is 2.07 bits per heavy atom. The summed E-state index contributed by atoms with van der Waals surface area (Å²) >= 11 is 2.88. The third-order valence-electron chi connectivity index (χ3n) is 3.61. The van der Waals surface area contributed by atoms with Crippen molar-refractivity contribution in [3.8, 4) is 0 Å². The molecule has 4 rings (SSSR count). The first kappa shape index (κ1) is 17.6. The maximum atomic E-state index is 11.9. The summed E-state index contributed by atoms with van der Waals surface area (Å²) < 4.78 is 6.78. The number of carbonyl (C=O) groups excluding carboxylic acids is 1. The summed E-state index contributed by atoms with van der Waals surface area (Å²) in [5.74, 6) is 0.584. The summed E-state index contributed by atoms with van der Waals surface area (Å²) in [6, 6.07) is 11.6. The van der Waals surface area contributed by atoms with Crippen molar-refractivity contribution in [2.75, 3.05) is 11.1 Å². The fraction of sp³-hybridized carbons (Fsp3) is 0.167. The highest BCUT2D eigenvalue weighted by Gasteiger charge is 2.11. The van der Waals surface area contributed by atoms with Crippen molar-refractivity contribution in [1.29, 1.82) is 0 Å². The van der Waals surface area contributed by atoms with Crippen LogP contribution in [0.25, 0.3) is 10.2 Å². The molecule has 1 aromatic carbocycles. The zero-order valence-electron chi connectivity index (χ0n) is 14.2. The van der Waals surface area contributed by atoms with E-state index < -0.39 is 0 Å². The third-order valence-corrected chi connectivity index (χ3v) is 5.53. The van der Waals surface area contributed by atoms with E-state index in [-0.39, 0.29) is 11.7 Å². The van der Waals surface area contributed by atoms with E-state index in [0.29, 0.717) is 23.2 Å². The summed E-state index contributed by atoms with van der Waals surface area (Å²) in [5.41, 5.74) is 1.67. The number of amides is 1. The van der Waals surface area contributed by atoms with Gasteiger partial charge in [-0.1, -0.05) is 23.9 Å². The molecule has 0 spiro atoms. The molecule has 9 heteroatoms. The number of carbonyl (C=O) groups is 1. The Kier molecular flexibility index (Phi) is 5.40. The molecule has 4 aromatic rings. The number of rotatable bonds is 7. The van der Waals surface area contributed by atoms with E-state index in [4.69, 9.17) is 4.42 Å². The molecule has 0 aliphatic rings. The molecule has 27 heavy (non-hydrogen) atoms. The number of aromatic nitrogens is 4. The quantitative estimate of drug-likeness (QED) is 0.476. The summed E-state index contributed by atoms with van der Waals surface area (Å²) in [5, 5.41) is 12.2. The highest BCUT2D eigenvalue weighted by atomic mass is 32.2. The van der Waals surface area contributed by atoms with E-state index in [1.807, 2.05) is 18.2 Å². The molecule has 0 saturated carbocycles. The van der Waals surface area contributed by atoms with Gasteiger partial charge in [0.15, 0.2) is 0 Å². The molecule has 3 heterocycles. The highest BCUT2D eigenvalue weighted by Crippen LogP contribution is 2.23. The van der Waals surface area contributed by atoms with Crippen molar-refractivity contribution in [1.82, 2.24) is 20.2 Å². The van der Waals surface area contributed by atoms with Crippen LogP contribution in [0.3, 0.4) is 0 Å². The Bertz CT molecular complexity index is 1020. The maximum absolute atomic E-state index is 11.9. The number of hydrogen-bond acceptors (Lipinski definition) is 8. The van der Waals surface area contributed by atoms with Crippen LogP contribution in [0.4, 0.5) is 5.69 Å². The van der Waals surface area contributed by atoms with Crippen molar-refractivity contribution in [3.05, 3.63) is 59.7 Å². The Balaban J connectivity index is 1.27. The van der Waals surface area contributed by atoms with Crippen molar-refractivity contribution in [3.63, 3.8) is 0 Å². The van der Waals surface area contributed by atoms with Gasteiger partial charge in [-0.2, -0.15) is 0 Å². The molecule has 1 N–H and O–H groups in total. The standard InChI is InChI=1S/C18H15N5O2S2/c24-15(20-12-4-3-9-19-10-12)11-26-18-23-22-16(25-18)7-8-17-21-13-5-1-2-6-14(13)27-17/h1-6,9-10H,7-8,11H2,(H,20,24). The minimum atomic E-state index is -0.151. The second kappa shape index (κ2) is 8.28. The Labute approximate surface area is 163 Å². The lowest BCUT2D eigenvalue weighted by Crippen LogP contribution is -2.13. The molecule has 0 bridgehead atoms. The monoisotopic (exact) mass is 397 g/mol. The maximum Gasteiger partial charge on any atom is 0.277 e. The Morgan fingerprint density at radius 3 is 2.93 bits per heavy atom. The van der Waals surface area contributed by atoms with Gasteiger partial charge in [0.05, 0.1) is 32.9 Å². The number of para-hydroxylation sites is 1. The lowest BCUT2D eigenvalue weighted by Gasteiger charge is -2.02. The third kappa shape index (κ3) is 4.69. The number of anilines is 1. The van der Waals surface area contributed by atoms with Crippen LogP contribution in [-0.2, 0) is 17.6 Å². The molecule has 0 unspecified atom stereocenters. The first-order valence-electron chi connectivity index (χ1n) is 8.26. The van der Waals surface area contributed by atoms with Crippen LogP contribution in [0.2, 0.25) is 0 Å². The van der Waals surface area contributed by atoms with Gasteiger partial charge in [-0.05, 0) is 24.3 Å². The number of thioether (sulfide) groups is 1. The fourth-order valence-corrected chi connectivity index (χ4v) is 3.95. The van der Waals surface area contributed by atoms with Gasteiger partial charge in [0.2, 0.25) is 11.8 Å². The van der Waals surface area contributed by atoms with Gasteiger partial charge in [0, 0.05) is 19.0 Å². The molecule has 0 atom stereocenters. The number of thiazole rings is 1. The van der Waals surface area contributed by atoms with E-state index in [1.54, 1.807) is 35.9 Å². The minimum Gasteiger partial charge on any atom is -0.416 e. The van der Waals surface area contributed by atoms with Crippen LogP contribution >= 0.6 is 23.1 Å². The topological polar surface area (TPSA) is 93.8 Å². The molecule has 7 nitrogen and oxygen atoms in total. The average molecular weight is 397 g/mol. The normalized spacial score (nSPS) is 11.0. The van der Waals surface area contributed by atoms with Gasteiger partial charge in [0.25, 0.3) is 5.22 Å². The van der Waals surface area contributed by atoms with E-state index in [1.165, 1.54) is 16.5 Å². The predicted octanol–water partition coefficient (Wildman–Crippen LogP) is 3.59. The first-order valence-corrected chi connectivity index (χ1v) is 10.1. The molecule has 0 radical (unpaired) electrons. The van der Waals surface area contributed by atoms with Crippen LogP contribution in [-0.4, -0.2) is 31.8 Å². The zero-order valence-corrected chi connectivity index (χ0v) is 15.8. The predicted molar refractivity (Wildman–Crippen MR) is 105 cm³/mol. The number of nitrogens with zero attached hydrogens (tertiary/aromatic N) is 4. The van der Waals surface area contributed by atoms with Gasteiger partial charge in [0.1, 0.15) is 0 Å². The van der Waals surface area contributed by atoms with Gasteiger partial charge in [-0.15, -0.1) is 21.5 Å². The van der Waals surface area contributed by atoms with Gasteiger partial charge in [-0.25, -0.2) is 4.98 Å². The molecule has 0 fully saturated rings. The van der Waals surface area contributed by atoms with E-state index >= 15 is 0 Å². The molecule has 3 aromatic heterocycles. The highest BCUT2D eigenvalue weighted by molar-refractivity contribution is 7.99. The number of benzene rings is 1. The largest absolute Gasteiger partial charge is 0.416 e. The molecule has 0 saturated heterocycles. The van der Waals surface area contributed by atoms with E-state index in [2.05, 4.69) is 31.5 Å². The zero-order chi connectivity index (χ0) is 18.5. The van der Waals surface area contributed by atoms with Gasteiger partial charge < -0.3 is 9.73 Å². The van der Waals surface area contributed by atoms with Crippen molar-refractivity contribution in [2.45, 2.75) is 18.1 Å². The lowest BCUT2D eigenvalue weighted by atomic mass is 10.3. The second-order valence-electron chi connectivity index (χ2n) is 5.62. The molecular formula is C18H15N5O2S2. The Hall–Kier alpha value is -2.78. The smallest absolute Gasteiger partial charge is 0.277 e. The number of fused-ring (bicyclic) bond motifs is 1. The van der Waals surface area contributed by atoms with Crippen molar-refractivity contribution >= 4 is 44.9 Å². The van der Waals surface area contributed by atoms with Crippen LogP contribution in [0.1, 0.15) is 10.9 Å². The van der Waals surface area contributed by atoms with E-state index in [0.717, 1.165) is 16.9 Å². The van der Waals surface area contributed by atoms with Gasteiger partial charge in [-0.3, -0.25) is 9.78 Å². The summed E-state index contributed by atoms with van der Waals surface area (Å²) in [7, 11) is 0. The molecule has 0 aliphatic heterocycles. The van der Waals surface area contributed by atoms with E-state index in [9.17, 15) is 4.79 Å². The van der Waals surface area contributed by atoms with Crippen LogP contribution in [0, 0.1) is 0 Å². The summed E-state index contributed by atoms with van der Waals surface area (Å²) in [6.45, 7) is 0. The van der Waals surface area contributed by atoms with Gasteiger partial charge >= 0.3 is 0 Å². The Morgan fingerprint density at radius 1 is 1.15 bits per heavy atom. The van der Waals surface area contributed by atoms with Crippen molar-refractivity contribution in [2.24, 2.45) is 0 Å². The molecular weight excluding hydrogens is 382 g/mol. The molecule has 1 amide bonds. The number of aryl methyl sites for hydroxylation is 2. The average Bonchev–Trinajstić information content (AvgIpc) is 3.32. The van der Waals surface area contributed by atoms with Crippen LogP contribution in [0.15, 0.2) is 58.4 Å². The van der Waals surface area contributed by atoms with Crippen molar-refractivity contribution < 1.29 is 9.21 Å². The fourth-order valence-electron chi connectivity index (χ4n) is 2.40. The van der Waals surface area contributed by atoms with Crippen LogP contribution < -0.4 is 5.32 Å². The summed E-state index contributed by atoms with van der Waals surface area (Å²) in [4.78, 5) is 20.5. The summed E-state index contributed by atoms with van der Waals surface area (Å²) in [6.07, 6.45) is 4.61. The molecule has 0 aliphatic carbocycles. The minimum absolute atomic E-state index is 0.151. The first-order chi connectivity index (χ1) is 13.3. The lowest BCUT2D eigenvalue weighted by molar-refractivity contribution is -0.113. The van der Waals surface area contributed by atoms with Crippen LogP contribution in [0.5, 0.6) is 0 Å².